The summed E-state index contributed by atoms with van der Waals surface area (Å²) in [6, 6.07) is 12.3. The molecule has 0 aliphatic carbocycles. The van der Waals surface area contributed by atoms with Gasteiger partial charge in [-0.15, -0.1) is 0 Å². The summed E-state index contributed by atoms with van der Waals surface area (Å²) in [7, 11) is 1.50. The Bertz CT molecular complexity index is 1100. The number of benzene rings is 2. The molecule has 2 aromatic carbocycles. The van der Waals surface area contributed by atoms with Gasteiger partial charge in [0.15, 0.2) is 0 Å². The second-order valence-corrected chi connectivity index (χ2v) is 6.42. The van der Waals surface area contributed by atoms with Crippen LogP contribution in [0.4, 0.5) is 5.69 Å². The molecule has 4 rings (SSSR count). The maximum Gasteiger partial charge on any atom is 0.268 e. The van der Waals surface area contributed by atoms with Gasteiger partial charge in [-0.1, -0.05) is 24.3 Å². The summed E-state index contributed by atoms with van der Waals surface area (Å²) >= 11 is 0. The fourth-order valence-electron chi connectivity index (χ4n) is 3.66. The van der Waals surface area contributed by atoms with Crippen molar-refractivity contribution < 1.29 is 14.6 Å². The Morgan fingerprint density at radius 1 is 1.23 bits per heavy atom. The summed E-state index contributed by atoms with van der Waals surface area (Å²) in [6.07, 6.45) is 0.698. The summed E-state index contributed by atoms with van der Waals surface area (Å²) in [5, 5.41) is 13.8. The Morgan fingerprint density at radius 2 is 2.00 bits per heavy atom. The lowest BCUT2D eigenvalue weighted by molar-refractivity contribution is 0.102. The molecule has 1 amide bonds. The van der Waals surface area contributed by atoms with Gasteiger partial charge in [0.2, 0.25) is 0 Å². The highest BCUT2D eigenvalue weighted by molar-refractivity contribution is 6.10. The van der Waals surface area contributed by atoms with Crippen molar-refractivity contribution in [3.63, 3.8) is 0 Å². The van der Waals surface area contributed by atoms with E-state index in [4.69, 9.17) is 4.74 Å². The minimum Gasteiger partial charge on any atom is -0.506 e. The number of ether oxygens (including phenoxy) is 1. The molecule has 0 fully saturated rings. The van der Waals surface area contributed by atoms with Crippen molar-refractivity contribution in [3.8, 4) is 11.5 Å². The summed E-state index contributed by atoms with van der Waals surface area (Å²) in [4.78, 5) is 25.8. The Labute approximate surface area is 149 Å². The van der Waals surface area contributed by atoms with E-state index in [1.54, 1.807) is 34.9 Å². The molecule has 1 aliphatic rings. The van der Waals surface area contributed by atoms with Crippen LogP contribution < -0.4 is 15.6 Å². The van der Waals surface area contributed by atoms with Gasteiger partial charge in [0.05, 0.1) is 18.3 Å². The molecule has 1 unspecified atom stereocenters. The number of nitrogens with one attached hydrogen (secondary N) is 1. The average Bonchev–Trinajstić information content (AvgIpc) is 2.97. The third-order valence-corrected chi connectivity index (χ3v) is 4.82. The number of hydrogen-bond donors (Lipinski definition) is 2. The number of hydrogen-bond acceptors (Lipinski definition) is 4. The Kier molecular flexibility index (Phi) is 3.68. The highest BCUT2D eigenvalue weighted by Gasteiger charge is 2.29. The Hall–Kier alpha value is -3.28. The minimum atomic E-state index is -0.660. The second-order valence-electron chi connectivity index (χ2n) is 6.42. The maximum absolute atomic E-state index is 13.0. The first-order valence-electron chi connectivity index (χ1n) is 8.36. The van der Waals surface area contributed by atoms with Gasteiger partial charge in [-0.25, -0.2) is 0 Å². The van der Waals surface area contributed by atoms with Gasteiger partial charge in [-0.3, -0.25) is 9.59 Å². The molecule has 2 heterocycles. The van der Waals surface area contributed by atoms with E-state index in [-0.39, 0.29) is 17.4 Å². The van der Waals surface area contributed by atoms with Crippen molar-refractivity contribution >= 4 is 22.5 Å². The summed E-state index contributed by atoms with van der Waals surface area (Å²) in [6.45, 7) is 1.93. The van der Waals surface area contributed by atoms with E-state index in [1.807, 2.05) is 19.1 Å². The van der Waals surface area contributed by atoms with Gasteiger partial charge < -0.3 is 19.7 Å². The molecular weight excluding hydrogens is 332 g/mol. The van der Waals surface area contributed by atoms with Gasteiger partial charge in [-0.2, -0.15) is 0 Å². The van der Waals surface area contributed by atoms with Gasteiger partial charge in [0.25, 0.3) is 11.5 Å². The second kappa shape index (κ2) is 5.91. The number of carbonyl (C=O) groups excluding carboxylic acids is 1. The third-order valence-electron chi connectivity index (χ3n) is 4.82. The van der Waals surface area contributed by atoms with E-state index < -0.39 is 11.5 Å². The highest BCUT2D eigenvalue weighted by atomic mass is 16.5. The maximum atomic E-state index is 13.0. The van der Waals surface area contributed by atoms with E-state index >= 15 is 0 Å². The van der Waals surface area contributed by atoms with Crippen molar-refractivity contribution in [2.24, 2.45) is 0 Å². The predicted octanol–water partition coefficient (Wildman–Crippen LogP) is 3.09. The largest absolute Gasteiger partial charge is 0.506 e. The summed E-state index contributed by atoms with van der Waals surface area (Å²) < 4.78 is 6.82. The van der Waals surface area contributed by atoms with Crippen molar-refractivity contribution in [3.05, 3.63) is 63.9 Å². The standard InChI is InChI=1S/C20H18N2O4/c1-11-10-12-6-5-7-13-17(12)22(11)20(25)16(18(13)23)19(24)21-14-8-3-4-9-15(14)26-2/h3-9,11,23H,10H2,1-2H3,(H,21,24). The highest BCUT2D eigenvalue weighted by Crippen LogP contribution is 2.36. The minimum absolute atomic E-state index is 0.0687. The molecule has 0 bridgehead atoms. The van der Waals surface area contributed by atoms with Crippen molar-refractivity contribution in [1.82, 2.24) is 4.57 Å². The lowest BCUT2D eigenvalue weighted by Crippen LogP contribution is -2.30. The molecule has 0 radical (unpaired) electrons. The fourth-order valence-corrected chi connectivity index (χ4v) is 3.66. The molecule has 3 aromatic rings. The first-order valence-corrected chi connectivity index (χ1v) is 8.36. The number of anilines is 1. The number of rotatable bonds is 3. The van der Waals surface area contributed by atoms with Crippen LogP contribution in [0.5, 0.6) is 11.5 Å². The van der Waals surface area contributed by atoms with Gasteiger partial charge in [-0.05, 0) is 37.1 Å². The van der Waals surface area contributed by atoms with Gasteiger partial charge in [0.1, 0.15) is 17.1 Å². The van der Waals surface area contributed by atoms with E-state index in [1.165, 1.54) is 7.11 Å². The lowest BCUT2D eigenvalue weighted by atomic mass is 10.1. The normalized spacial score (nSPS) is 15.2. The predicted molar refractivity (Wildman–Crippen MR) is 99.2 cm³/mol. The van der Waals surface area contributed by atoms with Crippen LogP contribution in [0.1, 0.15) is 28.9 Å². The van der Waals surface area contributed by atoms with Crippen LogP contribution in [0, 0.1) is 0 Å². The number of para-hydroxylation sites is 3. The molecule has 6 heteroatoms. The van der Waals surface area contributed by atoms with Crippen LogP contribution in [-0.4, -0.2) is 22.7 Å². The van der Waals surface area contributed by atoms with Crippen LogP contribution in [0.25, 0.3) is 10.9 Å². The first-order chi connectivity index (χ1) is 12.5. The Balaban J connectivity index is 1.88. The molecule has 0 saturated carbocycles. The van der Waals surface area contributed by atoms with Crippen LogP contribution in [0.15, 0.2) is 47.3 Å². The number of nitrogens with zero attached hydrogens (tertiary/aromatic N) is 1. The topological polar surface area (TPSA) is 80.6 Å². The lowest BCUT2D eigenvalue weighted by Gasteiger charge is -2.15. The number of methoxy groups -OCH3 is 1. The quantitative estimate of drug-likeness (QED) is 0.761. The molecule has 2 N–H and O–H groups in total. The Morgan fingerprint density at radius 3 is 2.77 bits per heavy atom. The number of pyridine rings is 1. The summed E-state index contributed by atoms with van der Waals surface area (Å²) in [5.74, 6) is -0.474. The van der Waals surface area contributed by atoms with Crippen LogP contribution >= 0.6 is 0 Å². The smallest absolute Gasteiger partial charge is 0.268 e. The molecule has 0 saturated heterocycles. The van der Waals surface area contributed by atoms with Gasteiger partial charge >= 0.3 is 0 Å². The molecule has 26 heavy (non-hydrogen) atoms. The number of aromatic hydroxyl groups is 1. The molecule has 132 valence electrons. The zero-order valence-electron chi connectivity index (χ0n) is 14.4. The summed E-state index contributed by atoms with van der Waals surface area (Å²) in [5.41, 5.74) is 1.40. The van der Waals surface area contributed by atoms with E-state index in [2.05, 4.69) is 5.32 Å². The zero-order chi connectivity index (χ0) is 18.4. The van der Waals surface area contributed by atoms with Crippen LogP contribution in [0.2, 0.25) is 0 Å². The van der Waals surface area contributed by atoms with Crippen molar-refractivity contribution in [2.45, 2.75) is 19.4 Å². The van der Waals surface area contributed by atoms with E-state index in [0.29, 0.717) is 28.8 Å². The van der Waals surface area contributed by atoms with Gasteiger partial charge in [0, 0.05) is 11.4 Å². The molecule has 6 nitrogen and oxygen atoms in total. The molecule has 0 spiro atoms. The third kappa shape index (κ3) is 2.26. The molecule has 1 atom stereocenters. The SMILES string of the molecule is COc1ccccc1NC(=O)c1c(O)c2cccc3c2n(c1=O)C(C)C3. The molecule has 1 aromatic heterocycles. The van der Waals surface area contributed by atoms with Crippen molar-refractivity contribution in [2.75, 3.05) is 12.4 Å². The van der Waals surface area contributed by atoms with E-state index in [9.17, 15) is 14.7 Å². The van der Waals surface area contributed by atoms with Crippen LogP contribution in [0.3, 0.4) is 0 Å². The number of carbonyl (C=O) groups is 1. The van der Waals surface area contributed by atoms with Crippen molar-refractivity contribution in [1.29, 1.82) is 0 Å². The molecular formula is C20H18N2O4. The average molecular weight is 350 g/mol. The number of aromatic nitrogens is 1. The van der Waals surface area contributed by atoms with Crippen LogP contribution in [-0.2, 0) is 6.42 Å². The number of amides is 1. The molecule has 1 aliphatic heterocycles. The monoisotopic (exact) mass is 350 g/mol. The zero-order valence-corrected chi connectivity index (χ0v) is 14.4. The first kappa shape index (κ1) is 16.2. The fraction of sp³-hybridized carbons (Fsp3) is 0.200. The van der Waals surface area contributed by atoms with E-state index in [0.717, 1.165) is 5.56 Å².